The Morgan fingerprint density at radius 1 is 1.35 bits per heavy atom. The van der Waals surface area contributed by atoms with Crippen LogP contribution in [-0.4, -0.2) is 11.5 Å². The summed E-state index contributed by atoms with van der Waals surface area (Å²) in [5, 5.41) is 7.03. The zero-order valence-electron chi connectivity index (χ0n) is 11.0. The molecule has 1 fully saturated rings. The summed E-state index contributed by atoms with van der Waals surface area (Å²) < 4.78 is 0. The molecule has 0 saturated heterocycles. The Kier molecular flexibility index (Phi) is 4.99. The Balaban J connectivity index is 1.85. The minimum absolute atomic E-state index is 0.746. The van der Waals surface area contributed by atoms with Gasteiger partial charge in [0.05, 0.1) is 10.7 Å². The lowest BCUT2D eigenvalue weighted by atomic mass is 9.83. The van der Waals surface area contributed by atoms with Gasteiger partial charge in [0, 0.05) is 17.8 Å². The molecule has 1 aliphatic rings. The van der Waals surface area contributed by atoms with Crippen molar-refractivity contribution in [1.82, 2.24) is 10.3 Å². The fourth-order valence-electron chi connectivity index (χ4n) is 2.49. The molecular formula is C14H24N2S. The highest BCUT2D eigenvalue weighted by Gasteiger charge is 2.21. The molecule has 0 atom stereocenters. The van der Waals surface area contributed by atoms with E-state index in [0.717, 1.165) is 24.9 Å². The number of hydrogen-bond acceptors (Lipinski definition) is 3. The first-order valence-electron chi connectivity index (χ1n) is 6.94. The second kappa shape index (κ2) is 6.50. The van der Waals surface area contributed by atoms with Gasteiger partial charge in [0.1, 0.15) is 0 Å². The molecule has 1 aromatic heterocycles. The molecule has 0 unspecified atom stereocenters. The van der Waals surface area contributed by atoms with Crippen LogP contribution in [0.4, 0.5) is 0 Å². The molecule has 1 aromatic rings. The first kappa shape index (κ1) is 13.0. The van der Waals surface area contributed by atoms with Crippen LogP contribution in [0.5, 0.6) is 0 Å². The van der Waals surface area contributed by atoms with E-state index in [1.165, 1.54) is 42.8 Å². The predicted octanol–water partition coefficient (Wildman–Crippen LogP) is 3.94. The molecule has 1 N–H and O–H groups in total. The highest BCUT2D eigenvalue weighted by atomic mass is 32.1. The van der Waals surface area contributed by atoms with E-state index in [0.29, 0.717) is 0 Å². The van der Waals surface area contributed by atoms with E-state index in [9.17, 15) is 0 Å². The van der Waals surface area contributed by atoms with Crippen molar-refractivity contribution in [2.45, 2.75) is 58.4 Å². The average Bonchev–Trinajstić information content (AvgIpc) is 2.79. The van der Waals surface area contributed by atoms with E-state index in [4.69, 9.17) is 4.98 Å². The van der Waals surface area contributed by atoms with Crippen LogP contribution < -0.4 is 5.32 Å². The van der Waals surface area contributed by atoms with E-state index in [1.807, 2.05) is 11.3 Å². The highest BCUT2D eigenvalue weighted by molar-refractivity contribution is 7.09. The normalized spacial score (nSPS) is 25.1. The molecule has 96 valence electrons. The summed E-state index contributed by atoms with van der Waals surface area (Å²) >= 11 is 1.86. The molecule has 0 amide bonds. The largest absolute Gasteiger partial charge is 0.311 e. The summed E-state index contributed by atoms with van der Waals surface area (Å²) in [6, 6.07) is 0. The zero-order valence-corrected chi connectivity index (χ0v) is 11.9. The molecular weight excluding hydrogens is 228 g/mol. The number of rotatable bonds is 5. The van der Waals surface area contributed by atoms with E-state index in [-0.39, 0.29) is 0 Å². The van der Waals surface area contributed by atoms with Crippen LogP contribution in [0.1, 0.15) is 62.6 Å². The van der Waals surface area contributed by atoms with Gasteiger partial charge in [-0.05, 0) is 31.7 Å². The maximum absolute atomic E-state index is 4.79. The lowest BCUT2D eigenvalue weighted by molar-refractivity contribution is 0.347. The Hall–Kier alpha value is -0.410. The number of thiazole rings is 1. The van der Waals surface area contributed by atoms with Gasteiger partial charge >= 0.3 is 0 Å². The number of aromatic nitrogens is 1. The van der Waals surface area contributed by atoms with Crippen LogP contribution in [0, 0.1) is 5.92 Å². The minimum atomic E-state index is 0.746. The molecule has 0 aromatic carbocycles. The molecule has 0 radical (unpaired) electrons. The summed E-state index contributed by atoms with van der Waals surface area (Å²) in [4.78, 5) is 4.79. The van der Waals surface area contributed by atoms with E-state index in [2.05, 4.69) is 24.5 Å². The van der Waals surface area contributed by atoms with Crippen molar-refractivity contribution in [2.24, 2.45) is 5.92 Å². The summed E-state index contributed by atoms with van der Waals surface area (Å²) in [5.74, 6) is 1.67. The van der Waals surface area contributed by atoms with Gasteiger partial charge in [0.25, 0.3) is 0 Å². The lowest BCUT2D eigenvalue weighted by Gasteiger charge is -2.24. The van der Waals surface area contributed by atoms with Crippen molar-refractivity contribution >= 4 is 11.3 Å². The van der Waals surface area contributed by atoms with Crippen LogP contribution in [0.2, 0.25) is 0 Å². The van der Waals surface area contributed by atoms with Gasteiger partial charge in [0.2, 0.25) is 0 Å². The molecule has 0 spiro atoms. The topological polar surface area (TPSA) is 24.9 Å². The molecule has 2 rings (SSSR count). The van der Waals surface area contributed by atoms with Crippen molar-refractivity contribution in [3.63, 3.8) is 0 Å². The van der Waals surface area contributed by atoms with Crippen LogP contribution >= 0.6 is 11.3 Å². The van der Waals surface area contributed by atoms with Crippen LogP contribution in [0.25, 0.3) is 0 Å². The van der Waals surface area contributed by atoms with Crippen LogP contribution in [-0.2, 0) is 6.54 Å². The summed E-state index contributed by atoms with van der Waals surface area (Å²) in [6.45, 7) is 6.60. The van der Waals surface area contributed by atoms with Gasteiger partial charge in [-0.3, -0.25) is 0 Å². The first-order valence-corrected chi connectivity index (χ1v) is 7.82. The van der Waals surface area contributed by atoms with Gasteiger partial charge in [-0.15, -0.1) is 11.3 Å². The third kappa shape index (κ3) is 3.78. The second-order valence-electron chi connectivity index (χ2n) is 5.31. The Morgan fingerprint density at radius 2 is 2.12 bits per heavy atom. The molecule has 0 aliphatic heterocycles. The first-order chi connectivity index (χ1) is 8.29. The average molecular weight is 252 g/mol. The van der Waals surface area contributed by atoms with Crippen molar-refractivity contribution in [3.8, 4) is 0 Å². The minimum Gasteiger partial charge on any atom is -0.311 e. The van der Waals surface area contributed by atoms with Gasteiger partial charge in [-0.1, -0.05) is 26.7 Å². The predicted molar refractivity (Wildman–Crippen MR) is 74.5 cm³/mol. The van der Waals surface area contributed by atoms with Crippen molar-refractivity contribution in [1.29, 1.82) is 0 Å². The third-order valence-electron chi connectivity index (χ3n) is 3.67. The second-order valence-corrected chi connectivity index (χ2v) is 6.20. The SMILES string of the molecule is CCCNCc1csc(C2CCC(C)CC2)n1. The number of hydrogen-bond donors (Lipinski definition) is 1. The summed E-state index contributed by atoms with van der Waals surface area (Å²) in [6.07, 6.45) is 6.64. The summed E-state index contributed by atoms with van der Waals surface area (Å²) in [5.41, 5.74) is 1.23. The van der Waals surface area contributed by atoms with E-state index >= 15 is 0 Å². The number of nitrogens with zero attached hydrogens (tertiary/aromatic N) is 1. The standard InChI is InChI=1S/C14H24N2S/c1-3-8-15-9-13-10-17-14(16-13)12-6-4-11(2)5-7-12/h10-12,15H,3-9H2,1-2H3. The molecule has 1 heterocycles. The quantitative estimate of drug-likeness (QED) is 0.803. The Labute approximate surface area is 109 Å². The van der Waals surface area contributed by atoms with Gasteiger partial charge in [-0.25, -0.2) is 4.98 Å². The van der Waals surface area contributed by atoms with Crippen molar-refractivity contribution in [2.75, 3.05) is 6.54 Å². The molecule has 1 aliphatic carbocycles. The molecule has 17 heavy (non-hydrogen) atoms. The number of nitrogens with one attached hydrogen (secondary N) is 1. The van der Waals surface area contributed by atoms with Crippen LogP contribution in [0.15, 0.2) is 5.38 Å². The fraction of sp³-hybridized carbons (Fsp3) is 0.786. The van der Waals surface area contributed by atoms with Crippen molar-refractivity contribution in [3.05, 3.63) is 16.1 Å². The van der Waals surface area contributed by atoms with Gasteiger partial charge < -0.3 is 5.32 Å². The zero-order chi connectivity index (χ0) is 12.1. The fourth-order valence-corrected chi connectivity index (χ4v) is 3.48. The molecule has 1 saturated carbocycles. The van der Waals surface area contributed by atoms with E-state index in [1.54, 1.807) is 0 Å². The van der Waals surface area contributed by atoms with E-state index < -0.39 is 0 Å². The molecule has 2 nitrogen and oxygen atoms in total. The monoisotopic (exact) mass is 252 g/mol. The molecule has 0 bridgehead atoms. The maximum Gasteiger partial charge on any atom is 0.0959 e. The van der Waals surface area contributed by atoms with Gasteiger partial charge in [-0.2, -0.15) is 0 Å². The highest BCUT2D eigenvalue weighted by Crippen LogP contribution is 2.36. The molecule has 3 heteroatoms. The smallest absolute Gasteiger partial charge is 0.0959 e. The lowest BCUT2D eigenvalue weighted by Crippen LogP contribution is -2.14. The van der Waals surface area contributed by atoms with Gasteiger partial charge in [0.15, 0.2) is 0 Å². The Bertz CT molecular complexity index is 327. The van der Waals surface area contributed by atoms with Crippen LogP contribution in [0.3, 0.4) is 0 Å². The third-order valence-corrected chi connectivity index (χ3v) is 4.72. The summed E-state index contributed by atoms with van der Waals surface area (Å²) in [7, 11) is 0. The Morgan fingerprint density at radius 3 is 2.82 bits per heavy atom. The maximum atomic E-state index is 4.79. The van der Waals surface area contributed by atoms with Crippen molar-refractivity contribution < 1.29 is 0 Å².